The Labute approximate surface area is 266 Å². The molecule has 2 fully saturated rings. The molecule has 244 valence electrons. The number of amides is 1. The van der Waals surface area contributed by atoms with Crippen molar-refractivity contribution in [3.05, 3.63) is 76.4 Å². The predicted molar refractivity (Wildman–Crippen MR) is 170 cm³/mol. The Kier molecular flexibility index (Phi) is 10.3. The van der Waals surface area contributed by atoms with Crippen LogP contribution in [0.25, 0.3) is 11.0 Å². The Morgan fingerprint density at radius 3 is 2.67 bits per heavy atom. The molecule has 0 saturated carbocycles. The molecular weight excluding hydrogens is 594 g/mol. The lowest BCUT2D eigenvalue weighted by molar-refractivity contribution is -0.0836. The van der Waals surface area contributed by atoms with Gasteiger partial charge in [-0.15, -0.1) is 6.58 Å². The van der Waals surface area contributed by atoms with E-state index < -0.39 is 23.3 Å². The maximum Gasteiger partial charge on any atom is 0.407 e. The van der Waals surface area contributed by atoms with E-state index in [1.54, 1.807) is 22.8 Å². The number of halogens is 2. The lowest BCUT2D eigenvalue weighted by Crippen LogP contribution is -2.41. The van der Waals surface area contributed by atoms with Crippen LogP contribution in [0.15, 0.2) is 54.1 Å². The smallest absolute Gasteiger partial charge is 0.407 e. The molecule has 3 aromatic rings. The first-order chi connectivity index (χ1) is 22.2. The highest BCUT2D eigenvalue weighted by atomic mass is 19.3. The van der Waals surface area contributed by atoms with Gasteiger partial charge in [-0.05, 0) is 69.1 Å². The minimum absolute atomic E-state index is 0.0744. The summed E-state index contributed by atoms with van der Waals surface area (Å²) in [6.07, 6.45) is 6.04. The number of aromatic nitrogens is 3. The van der Waals surface area contributed by atoms with Gasteiger partial charge in [0.15, 0.2) is 0 Å². The number of nitrogens with one attached hydrogen (secondary N) is 1. The molecule has 0 bridgehead atoms. The van der Waals surface area contributed by atoms with Crippen molar-refractivity contribution in [1.29, 1.82) is 5.26 Å². The molecule has 2 aromatic heterocycles. The second-order valence-electron chi connectivity index (χ2n) is 12.1. The molecule has 0 unspecified atom stereocenters. The number of benzene rings is 1. The van der Waals surface area contributed by atoms with Crippen molar-refractivity contribution in [2.75, 3.05) is 38.2 Å². The summed E-state index contributed by atoms with van der Waals surface area (Å²) in [5, 5.41) is 23.4. The SMILES string of the molecule is C=CCCCCn1c(=O)c(C2(C#N)CCOCC2)cc2c(NCCc3cccc(C(F)(F)C4CCN(C(=O)O)CC4)c3)ncnc21. The highest BCUT2D eigenvalue weighted by Gasteiger charge is 2.43. The van der Waals surface area contributed by atoms with Crippen LogP contribution < -0.4 is 10.9 Å². The van der Waals surface area contributed by atoms with Crippen LogP contribution in [0.1, 0.15) is 61.6 Å². The first kappa shape index (κ1) is 33.0. The quantitative estimate of drug-likeness (QED) is 0.187. The summed E-state index contributed by atoms with van der Waals surface area (Å²) < 4.78 is 38.2. The third-order valence-corrected chi connectivity index (χ3v) is 9.29. The number of hydrogen-bond donors (Lipinski definition) is 2. The lowest BCUT2D eigenvalue weighted by Gasteiger charge is -2.34. The second kappa shape index (κ2) is 14.4. The molecule has 0 aliphatic carbocycles. The number of likely N-dealkylation sites (tertiary alicyclic amines) is 1. The number of allylic oxidation sites excluding steroid dienone is 1. The fourth-order valence-electron chi connectivity index (χ4n) is 6.52. The number of unbranched alkanes of at least 4 members (excludes halogenated alkanes) is 2. The molecule has 0 spiro atoms. The van der Waals surface area contributed by atoms with Crippen LogP contribution >= 0.6 is 0 Å². The predicted octanol–water partition coefficient (Wildman–Crippen LogP) is 5.86. The number of piperidine rings is 1. The van der Waals surface area contributed by atoms with E-state index in [0.717, 1.165) is 24.8 Å². The highest BCUT2D eigenvalue weighted by molar-refractivity contribution is 5.87. The van der Waals surface area contributed by atoms with Gasteiger partial charge >= 0.3 is 6.09 Å². The van der Waals surface area contributed by atoms with Crippen molar-refractivity contribution >= 4 is 22.9 Å². The van der Waals surface area contributed by atoms with Crippen molar-refractivity contribution in [3.8, 4) is 6.07 Å². The number of carboxylic acid groups (broad SMARTS) is 1. The molecule has 2 aliphatic heterocycles. The van der Waals surface area contributed by atoms with Gasteiger partial charge in [-0.25, -0.2) is 23.5 Å². The number of nitriles is 1. The van der Waals surface area contributed by atoms with Crippen LogP contribution in [0, 0.1) is 17.2 Å². The van der Waals surface area contributed by atoms with E-state index in [2.05, 4.69) is 27.9 Å². The number of fused-ring (bicyclic) bond motifs is 1. The molecule has 10 nitrogen and oxygen atoms in total. The summed E-state index contributed by atoms with van der Waals surface area (Å²) in [5.41, 5.74) is 0.323. The molecule has 4 heterocycles. The van der Waals surface area contributed by atoms with Crippen LogP contribution in [-0.4, -0.2) is 63.5 Å². The van der Waals surface area contributed by atoms with Gasteiger partial charge in [-0.2, -0.15) is 5.26 Å². The molecule has 1 aromatic carbocycles. The summed E-state index contributed by atoms with van der Waals surface area (Å²) in [6, 6.07) is 10.5. The number of hydrogen-bond acceptors (Lipinski definition) is 7. The van der Waals surface area contributed by atoms with Gasteiger partial charge in [-0.3, -0.25) is 9.36 Å². The molecular formula is C34H40F2N6O4. The molecule has 2 saturated heterocycles. The van der Waals surface area contributed by atoms with Crippen LogP contribution in [0.3, 0.4) is 0 Å². The third-order valence-electron chi connectivity index (χ3n) is 9.29. The summed E-state index contributed by atoms with van der Waals surface area (Å²) in [4.78, 5) is 35.2. The Bertz CT molecular complexity index is 1660. The number of nitrogens with zero attached hydrogens (tertiary/aromatic N) is 5. The summed E-state index contributed by atoms with van der Waals surface area (Å²) >= 11 is 0. The van der Waals surface area contributed by atoms with E-state index in [4.69, 9.17) is 9.84 Å². The molecule has 5 rings (SSSR count). The molecule has 0 radical (unpaired) electrons. The zero-order valence-electron chi connectivity index (χ0n) is 25.9. The molecule has 46 heavy (non-hydrogen) atoms. The average molecular weight is 635 g/mol. The molecule has 0 atom stereocenters. The molecule has 1 amide bonds. The van der Waals surface area contributed by atoms with Crippen molar-refractivity contribution in [3.63, 3.8) is 0 Å². The van der Waals surface area contributed by atoms with Gasteiger partial charge in [-0.1, -0.05) is 24.3 Å². The summed E-state index contributed by atoms with van der Waals surface area (Å²) in [6.45, 7) is 5.56. The number of ether oxygens (including phenoxy) is 1. The maximum absolute atomic E-state index is 15.5. The van der Waals surface area contributed by atoms with Gasteiger partial charge in [0, 0.05) is 56.4 Å². The minimum Gasteiger partial charge on any atom is -0.465 e. The zero-order valence-corrected chi connectivity index (χ0v) is 25.9. The van der Waals surface area contributed by atoms with Crippen LogP contribution in [0.5, 0.6) is 0 Å². The maximum atomic E-state index is 15.5. The van der Waals surface area contributed by atoms with Crippen molar-refractivity contribution in [1.82, 2.24) is 19.4 Å². The van der Waals surface area contributed by atoms with Gasteiger partial charge in [0.1, 0.15) is 17.8 Å². The fourth-order valence-corrected chi connectivity index (χ4v) is 6.52. The average Bonchev–Trinajstić information content (AvgIpc) is 3.08. The largest absolute Gasteiger partial charge is 0.465 e. The van der Waals surface area contributed by atoms with E-state index >= 15 is 8.78 Å². The van der Waals surface area contributed by atoms with Gasteiger partial charge in [0.05, 0.1) is 16.9 Å². The van der Waals surface area contributed by atoms with E-state index in [1.165, 1.54) is 23.4 Å². The van der Waals surface area contributed by atoms with E-state index in [1.807, 2.05) is 6.08 Å². The first-order valence-corrected chi connectivity index (χ1v) is 15.9. The molecule has 12 heteroatoms. The topological polar surface area (TPSA) is 133 Å². The number of rotatable bonds is 12. The number of pyridine rings is 1. The number of aryl methyl sites for hydroxylation is 1. The Balaban J connectivity index is 1.38. The second-order valence-corrected chi connectivity index (χ2v) is 12.1. The first-order valence-electron chi connectivity index (χ1n) is 15.9. The monoisotopic (exact) mass is 634 g/mol. The Morgan fingerprint density at radius 1 is 1.22 bits per heavy atom. The van der Waals surface area contributed by atoms with Crippen molar-refractivity contribution in [2.45, 2.75) is 69.2 Å². The van der Waals surface area contributed by atoms with Crippen molar-refractivity contribution < 1.29 is 23.4 Å². The molecule has 2 N–H and O–H groups in total. The van der Waals surface area contributed by atoms with Gasteiger partial charge in [0.25, 0.3) is 11.5 Å². The lowest BCUT2D eigenvalue weighted by atomic mass is 9.75. The molecule has 2 aliphatic rings. The van der Waals surface area contributed by atoms with Crippen LogP contribution in [0.2, 0.25) is 0 Å². The standard InChI is InChI=1S/C34H40F2N6O4/c1-2-3-4-5-15-42-30-27(21-28(31(42)43)33(22-37)12-18-46-19-13-33)29(39-23-40-30)38-14-9-24-7-6-8-26(20-24)34(35,36)25-10-16-41(17-11-25)32(44)45/h2,6-8,20-21,23,25H,1,3-5,9-19H2,(H,44,45)(H,38,39,40). The minimum atomic E-state index is -3.08. The zero-order chi connectivity index (χ0) is 32.7. The van der Waals surface area contributed by atoms with E-state index in [-0.39, 0.29) is 37.1 Å². The van der Waals surface area contributed by atoms with E-state index in [9.17, 15) is 14.9 Å². The third kappa shape index (κ3) is 6.89. The number of carbonyl (C=O) groups is 1. The van der Waals surface area contributed by atoms with Gasteiger partial charge < -0.3 is 20.1 Å². The normalized spacial score (nSPS) is 17.0. The Hall–Kier alpha value is -4.37. The van der Waals surface area contributed by atoms with E-state index in [0.29, 0.717) is 68.0 Å². The fraction of sp³-hybridized carbons (Fsp3) is 0.500. The van der Waals surface area contributed by atoms with Crippen LogP contribution in [-0.2, 0) is 29.0 Å². The Morgan fingerprint density at radius 2 is 1.98 bits per heavy atom. The van der Waals surface area contributed by atoms with Crippen LogP contribution in [0.4, 0.5) is 19.4 Å². The van der Waals surface area contributed by atoms with Gasteiger partial charge in [0.2, 0.25) is 0 Å². The summed E-state index contributed by atoms with van der Waals surface area (Å²) in [7, 11) is 0. The van der Waals surface area contributed by atoms with Crippen molar-refractivity contribution in [2.24, 2.45) is 5.92 Å². The number of alkyl halides is 2. The number of anilines is 1. The summed E-state index contributed by atoms with van der Waals surface area (Å²) in [5.74, 6) is -3.51. The highest BCUT2D eigenvalue weighted by Crippen LogP contribution is 2.42.